The Balaban J connectivity index is 1.57. The molecule has 1 aromatic heterocycles. The Labute approximate surface area is 175 Å². The molecule has 0 radical (unpaired) electrons. The van der Waals surface area contributed by atoms with E-state index in [1.165, 1.54) is 0 Å². The van der Waals surface area contributed by atoms with Gasteiger partial charge in [0.2, 0.25) is 0 Å². The number of nitrogens with one attached hydrogen (secondary N) is 3. The summed E-state index contributed by atoms with van der Waals surface area (Å²) >= 11 is 0. The summed E-state index contributed by atoms with van der Waals surface area (Å²) < 4.78 is 5.82. The molecule has 30 heavy (non-hydrogen) atoms. The van der Waals surface area contributed by atoms with Crippen LogP contribution in [0.15, 0.2) is 64.7 Å². The Morgan fingerprint density at radius 3 is 2.73 bits per heavy atom. The number of nitrogens with zero attached hydrogens (tertiary/aromatic N) is 1. The highest BCUT2D eigenvalue weighted by Crippen LogP contribution is 2.39. The summed E-state index contributed by atoms with van der Waals surface area (Å²) in [6, 6.07) is 16.1. The summed E-state index contributed by atoms with van der Waals surface area (Å²) in [6.07, 6.45) is 2.71. The number of benzene rings is 2. The molecule has 0 saturated heterocycles. The molecule has 0 unspecified atom stereocenters. The Bertz CT molecular complexity index is 1170. The number of carbonyl (C=O) groups excluding carboxylic acids is 1. The molecule has 1 aliphatic heterocycles. The van der Waals surface area contributed by atoms with Gasteiger partial charge in [0.05, 0.1) is 5.70 Å². The van der Waals surface area contributed by atoms with Crippen molar-refractivity contribution in [2.24, 2.45) is 11.3 Å². The molecule has 1 aliphatic carbocycles. The van der Waals surface area contributed by atoms with Crippen molar-refractivity contribution in [1.29, 1.82) is 0 Å². The van der Waals surface area contributed by atoms with Gasteiger partial charge in [-0.3, -0.25) is 9.79 Å². The van der Waals surface area contributed by atoms with Crippen LogP contribution in [0.5, 0.6) is 0 Å². The SMILES string of the molecule is Cc1ccccc1[C@H]1[NH+]=C(Nc2nc3ccccc3o2)NC2=CC(C)(C)CC(=O)[C@@H]21. The van der Waals surface area contributed by atoms with Crippen molar-refractivity contribution in [3.63, 3.8) is 0 Å². The van der Waals surface area contributed by atoms with E-state index in [1.54, 1.807) is 0 Å². The molecule has 0 saturated carbocycles. The van der Waals surface area contributed by atoms with Crippen LogP contribution in [0.3, 0.4) is 0 Å². The van der Waals surface area contributed by atoms with Gasteiger partial charge in [0.15, 0.2) is 5.58 Å². The van der Waals surface area contributed by atoms with Crippen molar-refractivity contribution in [2.45, 2.75) is 33.2 Å². The molecule has 0 bridgehead atoms. The molecule has 3 aromatic rings. The number of hydrogen-bond donors (Lipinski definition) is 3. The zero-order valence-electron chi connectivity index (χ0n) is 17.3. The van der Waals surface area contributed by atoms with E-state index in [0.29, 0.717) is 18.4 Å². The van der Waals surface area contributed by atoms with Gasteiger partial charge in [-0.05, 0) is 41.7 Å². The number of anilines is 1. The van der Waals surface area contributed by atoms with Crippen molar-refractivity contribution in [3.8, 4) is 0 Å². The maximum absolute atomic E-state index is 13.1. The monoisotopic (exact) mass is 401 g/mol. The van der Waals surface area contributed by atoms with Gasteiger partial charge in [-0.25, -0.2) is 5.32 Å². The van der Waals surface area contributed by atoms with Gasteiger partial charge in [-0.2, -0.15) is 10.3 Å². The summed E-state index contributed by atoms with van der Waals surface area (Å²) in [5.74, 6) is 0.641. The number of para-hydroxylation sites is 2. The molecule has 5 rings (SSSR count). The number of guanidine groups is 1. The quantitative estimate of drug-likeness (QED) is 0.615. The van der Waals surface area contributed by atoms with Crippen molar-refractivity contribution in [2.75, 3.05) is 5.32 Å². The number of oxazole rings is 1. The van der Waals surface area contributed by atoms with Crippen LogP contribution in [-0.2, 0) is 4.79 Å². The van der Waals surface area contributed by atoms with Crippen LogP contribution in [0.2, 0.25) is 0 Å². The summed E-state index contributed by atoms with van der Waals surface area (Å²) in [5, 5.41) is 6.62. The number of allylic oxidation sites excluding steroid dienone is 1. The van der Waals surface area contributed by atoms with Gasteiger partial charge in [-0.1, -0.05) is 50.2 Å². The normalized spacial score (nSPS) is 22.7. The number of Topliss-reactive ketones (excluding diaryl/α,β-unsaturated/α-hetero) is 1. The Hall–Kier alpha value is -3.41. The first-order chi connectivity index (χ1) is 14.4. The highest BCUT2D eigenvalue weighted by molar-refractivity contribution is 5.94. The van der Waals surface area contributed by atoms with E-state index in [4.69, 9.17) is 4.42 Å². The molecule has 2 aliphatic rings. The molecule has 2 aromatic carbocycles. The second kappa shape index (κ2) is 6.83. The number of carbonyl (C=O) groups is 1. The predicted molar refractivity (Wildman–Crippen MR) is 116 cm³/mol. The molecule has 2 heterocycles. The standard InChI is InChI=1S/C24H24N4O2/c1-14-8-4-5-9-15(14)21-20-17(12-24(2,3)13-18(20)29)25-22(27-21)28-23-26-16-10-6-7-11-19(16)30-23/h4-12,20-21H,13H2,1-3H3,(H2,25,26,27,28)/p+1/t20-,21-/m1/s1. The van der Waals surface area contributed by atoms with E-state index < -0.39 is 0 Å². The molecule has 0 fully saturated rings. The van der Waals surface area contributed by atoms with Crippen molar-refractivity contribution >= 4 is 28.9 Å². The summed E-state index contributed by atoms with van der Waals surface area (Å²) in [6.45, 7) is 6.26. The number of rotatable bonds is 2. The van der Waals surface area contributed by atoms with Crippen molar-refractivity contribution < 1.29 is 14.2 Å². The van der Waals surface area contributed by atoms with Crippen LogP contribution in [0.1, 0.15) is 37.4 Å². The molecular weight excluding hydrogens is 376 g/mol. The third kappa shape index (κ3) is 3.28. The number of fused-ring (bicyclic) bond motifs is 2. The lowest BCUT2D eigenvalue weighted by Gasteiger charge is -2.36. The van der Waals surface area contributed by atoms with Gasteiger partial charge in [0, 0.05) is 6.42 Å². The van der Waals surface area contributed by atoms with E-state index in [2.05, 4.69) is 59.6 Å². The summed E-state index contributed by atoms with van der Waals surface area (Å²) in [4.78, 5) is 21.1. The minimum absolute atomic E-state index is 0.172. The van der Waals surface area contributed by atoms with Crippen LogP contribution in [0.4, 0.5) is 6.01 Å². The second-order valence-electron chi connectivity index (χ2n) is 8.80. The minimum Gasteiger partial charge on any atom is -0.412 e. The molecular formula is C24H25N4O2+. The zero-order valence-corrected chi connectivity index (χ0v) is 17.3. The first-order valence-corrected chi connectivity index (χ1v) is 10.2. The average Bonchev–Trinajstić information content (AvgIpc) is 3.08. The van der Waals surface area contributed by atoms with Gasteiger partial charge in [-0.15, -0.1) is 0 Å². The van der Waals surface area contributed by atoms with E-state index in [1.807, 2.05) is 36.4 Å². The summed E-state index contributed by atoms with van der Waals surface area (Å²) in [5.41, 5.74) is 4.50. The molecule has 6 heteroatoms. The highest BCUT2D eigenvalue weighted by atomic mass is 16.4. The largest absolute Gasteiger partial charge is 0.412 e. The topological polar surface area (TPSA) is 81.1 Å². The van der Waals surface area contributed by atoms with Gasteiger partial charge < -0.3 is 4.42 Å². The second-order valence-corrected chi connectivity index (χ2v) is 8.80. The fourth-order valence-electron chi connectivity index (χ4n) is 4.49. The van der Waals surface area contributed by atoms with Crippen LogP contribution in [0.25, 0.3) is 11.1 Å². The number of aromatic nitrogens is 1. The maximum atomic E-state index is 13.1. The van der Waals surface area contributed by atoms with Crippen LogP contribution >= 0.6 is 0 Å². The van der Waals surface area contributed by atoms with E-state index in [0.717, 1.165) is 27.9 Å². The Morgan fingerprint density at radius 2 is 1.93 bits per heavy atom. The van der Waals surface area contributed by atoms with Crippen LogP contribution in [0, 0.1) is 18.3 Å². The zero-order chi connectivity index (χ0) is 20.9. The smallest absolute Gasteiger partial charge is 0.365 e. The number of aryl methyl sites for hydroxylation is 1. The molecule has 0 spiro atoms. The van der Waals surface area contributed by atoms with Crippen molar-refractivity contribution in [3.05, 3.63) is 71.4 Å². The average molecular weight is 401 g/mol. The van der Waals surface area contributed by atoms with E-state index in [-0.39, 0.29) is 23.2 Å². The van der Waals surface area contributed by atoms with Gasteiger partial charge in [0.1, 0.15) is 23.3 Å². The van der Waals surface area contributed by atoms with Gasteiger partial charge in [0.25, 0.3) is 0 Å². The molecule has 2 atom stereocenters. The molecule has 152 valence electrons. The van der Waals surface area contributed by atoms with Crippen molar-refractivity contribution in [1.82, 2.24) is 10.3 Å². The molecule has 6 nitrogen and oxygen atoms in total. The predicted octanol–water partition coefficient (Wildman–Crippen LogP) is 2.83. The third-order valence-corrected chi connectivity index (χ3v) is 5.81. The lowest BCUT2D eigenvalue weighted by atomic mass is 9.72. The Morgan fingerprint density at radius 1 is 1.17 bits per heavy atom. The van der Waals surface area contributed by atoms with E-state index in [9.17, 15) is 4.79 Å². The Kier molecular flexibility index (Phi) is 4.24. The first kappa shape index (κ1) is 18.6. The highest BCUT2D eigenvalue weighted by Gasteiger charge is 2.45. The fraction of sp³-hybridized carbons (Fsp3) is 0.292. The van der Waals surface area contributed by atoms with Crippen LogP contribution in [-0.4, -0.2) is 16.7 Å². The molecule has 0 amide bonds. The number of ketones is 1. The summed E-state index contributed by atoms with van der Waals surface area (Å²) in [7, 11) is 0. The van der Waals surface area contributed by atoms with E-state index >= 15 is 0 Å². The molecule has 3 N–H and O–H groups in total. The lowest BCUT2D eigenvalue weighted by Crippen LogP contribution is -2.84. The third-order valence-electron chi connectivity index (χ3n) is 5.81. The fourth-order valence-corrected chi connectivity index (χ4v) is 4.49. The lowest BCUT2D eigenvalue weighted by molar-refractivity contribution is -0.522. The van der Waals surface area contributed by atoms with Crippen LogP contribution < -0.4 is 15.6 Å². The van der Waals surface area contributed by atoms with Gasteiger partial charge >= 0.3 is 12.0 Å². The maximum Gasteiger partial charge on any atom is 0.365 e. The number of hydrogen-bond acceptors (Lipinski definition) is 5. The minimum atomic E-state index is -0.256. The first-order valence-electron chi connectivity index (χ1n) is 10.2.